The van der Waals surface area contributed by atoms with E-state index in [1.165, 1.54) is 12.8 Å². The van der Waals surface area contributed by atoms with Crippen LogP contribution in [0.4, 0.5) is 0 Å². The Morgan fingerprint density at radius 2 is 1.89 bits per heavy atom. The molecule has 0 saturated heterocycles. The lowest BCUT2D eigenvalue weighted by Crippen LogP contribution is -2.37. The summed E-state index contributed by atoms with van der Waals surface area (Å²) in [5, 5.41) is 15.1. The SMILES string of the molecule is COc1ccc(C(C#Cc2ccccc2)CNC(=NCc2ccccn2)NC#N)cc1OC1CCCC1. The van der Waals surface area contributed by atoms with Crippen molar-refractivity contribution >= 4 is 5.96 Å². The maximum atomic E-state index is 9.24. The fourth-order valence-electron chi connectivity index (χ4n) is 4.18. The molecule has 1 atom stereocenters. The monoisotopic (exact) mass is 493 g/mol. The molecule has 7 nitrogen and oxygen atoms in total. The number of rotatable bonds is 8. The van der Waals surface area contributed by atoms with Gasteiger partial charge in [-0.3, -0.25) is 10.3 Å². The molecule has 1 unspecified atom stereocenters. The van der Waals surface area contributed by atoms with Crippen molar-refractivity contribution in [1.29, 1.82) is 5.26 Å². The van der Waals surface area contributed by atoms with Gasteiger partial charge in [-0.15, -0.1) is 0 Å². The molecular formula is C30H31N5O2. The van der Waals surface area contributed by atoms with Gasteiger partial charge in [0.15, 0.2) is 17.7 Å². The van der Waals surface area contributed by atoms with Gasteiger partial charge < -0.3 is 14.8 Å². The first kappa shape index (κ1) is 25.6. The Morgan fingerprint density at radius 1 is 1.08 bits per heavy atom. The number of aliphatic imine (C=N–C) groups is 1. The summed E-state index contributed by atoms with van der Waals surface area (Å²) >= 11 is 0. The highest BCUT2D eigenvalue weighted by molar-refractivity contribution is 5.81. The molecular weight excluding hydrogens is 462 g/mol. The molecule has 1 heterocycles. The van der Waals surface area contributed by atoms with E-state index in [9.17, 15) is 5.26 Å². The van der Waals surface area contributed by atoms with Crippen LogP contribution in [0.1, 0.15) is 48.4 Å². The summed E-state index contributed by atoms with van der Waals surface area (Å²) < 4.78 is 11.9. The molecule has 1 aliphatic rings. The van der Waals surface area contributed by atoms with E-state index in [0.29, 0.717) is 24.8 Å². The predicted molar refractivity (Wildman–Crippen MR) is 144 cm³/mol. The second kappa shape index (κ2) is 13.6. The minimum atomic E-state index is -0.197. The Bertz CT molecular complexity index is 1270. The fraction of sp³-hybridized carbons (Fsp3) is 0.300. The van der Waals surface area contributed by atoms with Crippen LogP contribution >= 0.6 is 0 Å². The highest BCUT2D eigenvalue weighted by Gasteiger charge is 2.20. The van der Waals surface area contributed by atoms with Gasteiger partial charge in [0, 0.05) is 18.3 Å². The van der Waals surface area contributed by atoms with Crippen molar-refractivity contribution in [3.63, 3.8) is 0 Å². The number of ether oxygens (including phenoxy) is 2. The van der Waals surface area contributed by atoms with Crippen molar-refractivity contribution in [3.05, 3.63) is 89.7 Å². The van der Waals surface area contributed by atoms with Gasteiger partial charge in [-0.2, -0.15) is 5.26 Å². The average molecular weight is 494 g/mol. The Balaban J connectivity index is 1.57. The van der Waals surface area contributed by atoms with Crippen LogP contribution < -0.4 is 20.1 Å². The molecule has 0 amide bonds. The first-order valence-electron chi connectivity index (χ1n) is 12.5. The number of guanidine groups is 1. The first-order chi connectivity index (χ1) is 18.2. The van der Waals surface area contributed by atoms with E-state index in [-0.39, 0.29) is 12.0 Å². The summed E-state index contributed by atoms with van der Waals surface area (Å²) in [6.07, 6.45) is 8.38. The first-order valence-corrected chi connectivity index (χ1v) is 12.5. The van der Waals surface area contributed by atoms with Gasteiger partial charge in [0.2, 0.25) is 5.96 Å². The third-order valence-electron chi connectivity index (χ3n) is 6.12. The van der Waals surface area contributed by atoms with Crippen LogP contribution in [0.3, 0.4) is 0 Å². The normalized spacial score (nSPS) is 14.1. The molecule has 3 aromatic rings. The molecule has 188 valence electrons. The zero-order chi connectivity index (χ0) is 25.7. The molecule has 2 aromatic carbocycles. The zero-order valence-electron chi connectivity index (χ0n) is 21.0. The number of nitrogens with one attached hydrogen (secondary N) is 2. The van der Waals surface area contributed by atoms with Gasteiger partial charge in [0.05, 0.1) is 31.4 Å². The lowest BCUT2D eigenvalue weighted by Gasteiger charge is -2.19. The summed E-state index contributed by atoms with van der Waals surface area (Å²) in [7, 11) is 1.66. The maximum absolute atomic E-state index is 9.24. The minimum absolute atomic E-state index is 0.197. The van der Waals surface area contributed by atoms with Crippen LogP contribution in [0.5, 0.6) is 11.5 Å². The number of aromatic nitrogens is 1. The smallest absolute Gasteiger partial charge is 0.205 e. The highest BCUT2D eigenvalue weighted by Crippen LogP contribution is 2.34. The lowest BCUT2D eigenvalue weighted by atomic mass is 9.98. The Kier molecular flexibility index (Phi) is 9.38. The molecule has 0 bridgehead atoms. The summed E-state index contributed by atoms with van der Waals surface area (Å²) in [5.41, 5.74) is 2.74. The van der Waals surface area contributed by atoms with E-state index < -0.39 is 0 Å². The topological polar surface area (TPSA) is 91.6 Å². The number of nitriles is 1. The number of pyridine rings is 1. The summed E-state index contributed by atoms with van der Waals surface area (Å²) in [5.74, 6) is 8.29. The van der Waals surface area contributed by atoms with Gasteiger partial charge in [-0.05, 0) is 67.6 Å². The quantitative estimate of drug-likeness (QED) is 0.155. The number of benzene rings is 2. The third-order valence-corrected chi connectivity index (χ3v) is 6.12. The summed E-state index contributed by atoms with van der Waals surface area (Å²) in [4.78, 5) is 8.79. The van der Waals surface area contributed by atoms with Crippen LogP contribution in [0.15, 0.2) is 77.9 Å². The van der Waals surface area contributed by atoms with Crippen molar-refractivity contribution in [2.24, 2.45) is 4.99 Å². The molecule has 0 spiro atoms. The Labute approximate surface area is 218 Å². The number of methoxy groups -OCH3 is 1. The van der Waals surface area contributed by atoms with Gasteiger partial charge >= 0.3 is 0 Å². The van der Waals surface area contributed by atoms with Gasteiger partial charge in [-0.25, -0.2) is 4.99 Å². The van der Waals surface area contributed by atoms with Crippen LogP contribution in [-0.2, 0) is 6.54 Å². The number of nitrogens with zero attached hydrogens (tertiary/aromatic N) is 3. The lowest BCUT2D eigenvalue weighted by molar-refractivity contribution is 0.200. The van der Waals surface area contributed by atoms with Crippen molar-refractivity contribution in [3.8, 4) is 29.5 Å². The molecule has 0 radical (unpaired) electrons. The molecule has 1 aromatic heterocycles. The van der Waals surface area contributed by atoms with Crippen molar-refractivity contribution in [2.75, 3.05) is 13.7 Å². The molecule has 1 saturated carbocycles. The Morgan fingerprint density at radius 3 is 2.62 bits per heavy atom. The second-order valence-electron chi connectivity index (χ2n) is 8.73. The zero-order valence-corrected chi connectivity index (χ0v) is 21.0. The van der Waals surface area contributed by atoms with E-state index >= 15 is 0 Å². The molecule has 0 aliphatic heterocycles. The molecule has 1 aliphatic carbocycles. The van der Waals surface area contributed by atoms with E-state index in [1.807, 2.05) is 72.9 Å². The van der Waals surface area contributed by atoms with Crippen molar-refractivity contribution in [1.82, 2.24) is 15.6 Å². The van der Waals surface area contributed by atoms with Gasteiger partial charge in [0.1, 0.15) is 0 Å². The van der Waals surface area contributed by atoms with Crippen LogP contribution in [0, 0.1) is 23.3 Å². The van der Waals surface area contributed by atoms with Crippen LogP contribution in [0.25, 0.3) is 0 Å². The molecule has 37 heavy (non-hydrogen) atoms. The maximum Gasteiger partial charge on any atom is 0.205 e. The van der Waals surface area contributed by atoms with E-state index in [1.54, 1.807) is 13.3 Å². The predicted octanol–water partition coefficient (Wildman–Crippen LogP) is 4.76. The van der Waals surface area contributed by atoms with E-state index in [2.05, 4.69) is 32.5 Å². The standard InChI is InChI=1S/C30H31N5O2/c1-36-28-17-16-24(19-29(28)37-27-12-5-6-13-27)25(15-14-23-9-3-2-4-10-23)20-33-30(35-22-31)34-21-26-11-7-8-18-32-26/h2-4,7-11,16-19,25,27H,5-6,12-13,20-21H2,1H3,(H2,33,34,35). The van der Waals surface area contributed by atoms with Gasteiger partial charge in [0.25, 0.3) is 0 Å². The Hall–Kier alpha value is -4.49. The fourth-order valence-corrected chi connectivity index (χ4v) is 4.18. The average Bonchev–Trinajstić information content (AvgIpc) is 3.46. The van der Waals surface area contributed by atoms with Gasteiger partial charge in [-0.1, -0.05) is 42.2 Å². The van der Waals surface area contributed by atoms with Crippen LogP contribution in [-0.4, -0.2) is 30.7 Å². The minimum Gasteiger partial charge on any atom is -0.493 e. The molecule has 2 N–H and O–H groups in total. The van der Waals surface area contributed by atoms with Crippen molar-refractivity contribution in [2.45, 2.75) is 44.2 Å². The number of hydrogen-bond donors (Lipinski definition) is 2. The number of hydrogen-bond acceptors (Lipinski definition) is 5. The van der Waals surface area contributed by atoms with E-state index in [4.69, 9.17) is 9.47 Å². The third kappa shape index (κ3) is 7.75. The second-order valence-corrected chi connectivity index (χ2v) is 8.73. The summed E-state index contributed by atoms with van der Waals surface area (Å²) in [6.45, 7) is 0.783. The largest absolute Gasteiger partial charge is 0.493 e. The summed E-state index contributed by atoms with van der Waals surface area (Å²) in [6, 6.07) is 21.5. The molecule has 4 rings (SSSR count). The molecule has 1 fully saturated rings. The van der Waals surface area contributed by atoms with Crippen molar-refractivity contribution < 1.29 is 9.47 Å². The van der Waals surface area contributed by atoms with Crippen LogP contribution in [0.2, 0.25) is 0 Å². The van der Waals surface area contributed by atoms with E-state index in [0.717, 1.165) is 35.4 Å². The molecule has 7 heteroatoms. The highest BCUT2D eigenvalue weighted by atomic mass is 16.5.